The molecule has 5 rings (SSSR count). The number of carboxylic acid groups (broad SMARTS) is 1. The van der Waals surface area contributed by atoms with E-state index in [1.165, 1.54) is 18.2 Å². The minimum atomic E-state index is -4.64. The summed E-state index contributed by atoms with van der Waals surface area (Å²) in [6, 6.07) is 15.6. The molecule has 3 aromatic rings. The van der Waals surface area contributed by atoms with E-state index in [-0.39, 0.29) is 35.7 Å². The Morgan fingerprint density at radius 1 is 0.976 bits per heavy atom. The second kappa shape index (κ2) is 11.6. The zero-order valence-corrected chi connectivity index (χ0v) is 23.0. The van der Waals surface area contributed by atoms with Gasteiger partial charge in [-0.15, -0.1) is 0 Å². The van der Waals surface area contributed by atoms with Crippen LogP contribution >= 0.6 is 11.6 Å². The van der Waals surface area contributed by atoms with E-state index in [1.54, 1.807) is 36.4 Å². The molecule has 0 radical (unpaired) electrons. The van der Waals surface area contributed by atoms with Crippen molar-refractivity contribution in [1.82, 2.24) is 4.90 Å². The number of hydrogen-bond donors (Lipinski definition) is 1. The molecule has 1 aliphatic carbocycles. The normalized spacial score (nSPS) is 17.1. The molecule has 1 aliphatic heterocycles. The van der Waals surface area contributed by atoms with Gasteiger partial charge in [0.1, 0.15) is 5.67 Å². The molecule has 0 bridgehead atoms. The number of likely N-dealkylation sites (tertiary alicyclic amines) is 1. The molecule has 1 N–H and O–H groups in total. The van der Waals surface area contributed by atoms with Gasteiger partial charge in [-0.2, -0.15) is 13.2 Å². The molecule has 1 saturated heterocycles. The molecular weight excluding hydrogens is 561 g/mol. The van der Waals surface area contributed by atoms with Crippen molar-refractivity contribution in [2.45, 2.75) is 43.9 Å². The fourth-order valence-electron chi connectivity index (χ4n) is 6.00. The van der Waals surface area contributed by atoms with E-state index in [9.17, 15) is 27.5 Å². The number of rotatable bonds is 8. The molecule has 1 fully saturated rings. The van der Waals surface area contributed by atoms with Crippen LogP contribution in [0.4, 0.5) is 22.0 Å². The van der Waals surface area contributed by atoms with Gasteiger partial charge in [-0.25, -0.2) is 9.18 Å². The third-order valence-corrected chi connectivity index (χ3v) is 8.03. The minimum Gasteiger partial charge on any atom is -0.478 e. The van der Waals surface area contributed by atoms with Gasteiger partial charge in [0.2, 0.25) is 0 Å². The van der Waals surface area contributed by atoms with Crippen LogP contribution in [0, 0.1) is 0 Å². The van der Waals surface area contributed by atoms with Crippen molar-refractivity contribution >= 4 is 28.7 Å². The number of nitrogens with zero attached hydrogens (tertiary/aromatic N) is 1. The molecule has 9 heteroatoms. The Morgan fingerprint density at radius 3 is 2.34 bits per heavy atom. The van der Waals surface area contributed by atoms with Crippen LogP contribution < -0.4 is 0 Å². The average molecular weight is 590 g/mol. The predicted molar refractivity (Wildman–Crippen MR) is 150 cm³/mol. The molecular formula is C32H29ClF5NO2. The molecule has 0 spiro atoms. The fraction of sp³-hybridized carbons (Fsp3) is 0.344. The number of fused-ring (bicyclic) bond motifs is 1. The number of aryl methyl sites for hydroxylation is 1. The smallest absolute Gasteiger partial charge is 0.417 e. The lowest BCUT2D eigenvalue weighted by Crippen LogP contribution is -2.60. The van der Waals surface area contributed by atoms with Crippen LogP contribution in [0.3, 0.4) is 0 Å². The number of carbonyl (C=O) groups is 1. The zero-order valence-electron chi connectivity index (χ0n) is 22.2. The van der Waals surface area contributed by atoms with E-state index in [2.05, 4.69) is 0 Å². The lowest BCUT2D eigenvalue weighted by Gasteiger charge is -2.44. The second-order valence-electron chi connectivity index (χ2n) is 10.8. The summed E-state index contributed by atoms with van der Waals surface area (Å²) in [6.45, 7) is 0.558. The molecule has 3 nitrogen and oxygen atoms in total. The highest BCUT2D eigenvalue weighted by molar-refractivity contribution is 6.30. The van der Waals surface area contributed by atoms with E-state index in [0.717, 1.165) is 17.2 Å². The van der Waals surface area contributed by atoms with E-state index in [4.69, 9.17) is 11.6 Å². The molecule has 0 saturated carbocycles. The maximum Gasteiger partial charge on any atom is 0.417 e. The van der Waals surface area contributed by atoms with E-state index in [0.29, 0.717) is 54.5 Å². The SMILES string of the molecule is O=C(O)c1ccc2c(c1)CCCC(c1ccc(Cl)cc1C(F)(F)F)=C2c1ccc(CC2(F)CN(CCCF)C2)cc1. The molecule has 0 amide bonds. The van der Waals surface area contributed by atoms with Gasteiger partial charge in [0, 0.05) is 31.1 Å². The average Bonchev–Trinajstić information content (AvgIpc) is 3.10. The molecule has 0 unspecified atom stereocenters. The maximum atomic E-state index is 15.2. The quantitative estimate of drug-likeness (QED) is 0.269. The van der Waals surface area contributed by atoms with Gasteiger partial charge in [0.05, 0.1) is 17.8 Å². The van der Waals surface area contributed by atoms with Crippen LogP contribution in [0.25, 0.3) is 11.1 Å². The number of hydrogen-bond acceptors (Lipinski definition) is 2. The Labute approximate surface area is 240 Å². The number of halogens is 6. The first-order chi connectivity index (χ1) is 19.5. The van der Waals surface area contributed by atoms with Gasteiger partial charge in [-0.05, 0) is 88.9 Å². The summed E-state index contributed by atoms with van der Waals surface area (Å²) in [7, 11) is 0. The van der Waals surface area contributed by atoms with E-state index < -0.39 is 30.1 Å². The number of alkyl halides is 5. The summed E-state index contributed by atoms with van der Waals surface area (Å²) >= 11 is 5.97. The molecule has 41 heavy (non-hydrogen) atoms. The lowest BCUT2D eigenvalue weighted by atomic mass is 9.84. The number of carboxylic acids is 1. The third-order valence-electron chi connectivity index (χ3n) is 7.79. The number of allylic oxidation sites excluding steroid dienone is 1. The zero-order chi connectivity index (χ0) is 29.4. The Hall–Kier alpha value is -3.23. The van der Waals surface area contributed by atoms with Gasteiger partial charge < -0.3 is 5.11 Å². The Kier molecular flexibility index (Phi) is 8.26. The van der Waals surface area contributed by atoms with Gasteiger partial charge in [-0.3, -0.25) is 9.29 Å². The molecule has 0 atom stereocenters. The summed E-state index contributed by atoms with van der Waals surface area (Å²) in [5, 5.41) is 9.51. The summed E-state index contributed by atoms with van der Waals surface area (Å²) in [5.74, 6) is -1.08. The Bertz CT molecular complexity index is 1480. The second-order valence-corrected chi connectivity index (χ2v) is 11.3. The summed E-state index contributed by atoms with van der Waals surface area (Å²) in [4.78, 5) is 13.5. The van der Waals surface area contributed by atoms with Crippen molar-refractivity contribution in [2.75, 3.05) is 26.3 Å². The molecule has 216 valence electrons. The monoisotopic (exact) mass is 589 g/mol. The van der Waals surface area contributed by atoms with Gasteiger partial charge >= 0.3 is 12.1 Å². The van der Waals surface area contributed by atoms with Gasteiger partial charge in [-0.1, -0.05) is 48.0 Å². The lowest BCUT2D eigenvalue weighted by molar-refractivity contribution is -0.137. The van der Waals surface area contributed by atoms with Gasteiger partial charge in [0.25, 0.3) is 0 Å². The summed E-state index contributed by atoms with van der Waals surface area (Å²) < 4.78 is 70.3. The van der Waals surface area contributed by atoms with Crippen LogP contribution in [0.15, 0.2) is 60.7 Å². The molecule has 0 aromatic heterocycles. The predicted octanol–water partition coefficient (Wildman–Crippen LogP) is 8.28. The van der Waals surface area contributed by atoms with Crippen molar-refractivity contribution in [3.05, 3.63) is 105 Å². The first-order valence-electron chi connectivity index (χ1n) is 13.5. The molecule has 2 aliphatic rings. The summed E-state index contributed by atoms with van der Waals surface area (Å²) in [5.41, 5.74) is 1.80. The Morgan fingerprint density at radius 2 is 1.68 bits per heavy atom. The topological polar surface area (TPSA) is 40.5 Å². The fourth-order valence-corrected chi connectivity index (χ4v) is 6.17. The number of benzene rings is 3. The number of aromatic carboxylic acids is 1. The van der Waals surface area contributed by atoms with Crippen LogP contribution in [-0.2, 0) is 19.0 Å². The van der Waals surface area contributed by atoms with Crippen LogP contribution in [0.5, 0.6) is 0 Å². The van der Waals surface area contributed by atoms with Crippen molar-refractivity contribution < 1.29 is 31.9 Å². The van der Waals surface area contributed by atoms with Crippen LogP contribution in [-0.4, -0.2) is 48.0 Å². The van der Waals surface area contributed by atoms with Crippen molar-refractivity contribution in [3.63, 3.8) is 0 Å². The van der Waals surface area contributed by atoms with Crippen LogP contribution in [0.2, 0.25) is 5.02 Å². The van der Waals surface area contributed by atoms with Crippen molar-refractivity contribution in [2.24, 2.45) is 0 Å². The van der Waals surface area contributed by atoms with Gasteiger partial charge in [0.15, 0.2) is 0 Å². The van der Waals surface area contributed by atoms with E-state index in [1.807, 2.05) is 4.90 Å². The van der Waals surface area contributed by atoms with E-state index >= 15 is 4.39 Å². The summed E-state index contributed by atoms with van der Waals surface area (Å²) in [6.07, 6.45) is -2.72. The standard InChI is InChI=1S/C32H29ClF5NO2/c33-24-10-12-26(28(16-24)32(36,37)38)27-4-1-3-22-15-23(30(40)41)9-11-25(22)29(27)21-7-5-20(6-8-21)17-31(35)18-39(19-31)14-2-13-34/h5-12,15-16H,1-4,13-14,17-19H2,(H,40,41). The molecule has 3 aromatic carbocycles. The van der Waals surface area contributed by atoms with Crippen molar-refractivity contribution in [1.29, 1.82) is 0 Å². The first kappa shape index (κ1) is 29.3. The highest BCUT2D eigenvalue weighted by Gasteiger charge is 2.43. The van der Waals surface area contributed by atoms with Crippen LogP contribution in [0.1, 0.15) is 63.0 Å². The Balaban J connectivity index is 1.58. The highest BCUT2D eigenvalue weighted by atomic mass is 35.5. The minimum absolute atomic E-state index is 0.0212. The van der Waals surface area contributed by atoms with Crippen molar-refractivity contribution in [3.8, 4) is 0 Å². The largest absolute Gasteiger partial charge is 0.478 e. The molecule has 1 heterocycles. The maximum absolute atomic E-state index is 15.2. The highest BCUT2D eigenvalue weighted by Crippen LogP contribution is 2.45. The third kappa shape index (κ3) is 6.33. The first-order valence-corrected chi connectivity index (χ1v) is 13.9.